The van der Waals surface area contributed by atoms with E-state index in [0.717, 1.165) is 10.4 Å². The summed E-state index contributed by atoms with van der Waals surface area (Å²) in [5.41, 5.74) is -0.237. The summed E-state index contributed by atoms with van der Waals surface area (Å²) in [5.74, 6) is 0.646. The summed E-state index contributed by atoms with van der Waals surface area (Å²) in [6.07, 6.45) is 10.5. The first-order valence-electron chi connectivity index (χ1n) is 9.66. The second-order valence-electron chi connectivity index (χ2n) is 8.13. The maximum atomic E-state index is 11.0. The van der Waals surface area contributed by atoms with Gasteiger partial charge in [-0.1, -0.05) is 0 Å². The predicted molar refractivity (Wildman–Crippen MR) is 97.7 cm³/mol. The maximum absolute atomic E-state index is 11.0. The predicted octanol–water partition coefficient (Wildman–Crippen LogP) is 6.39. The third kappa shape index (κ3) is 5.71. The molecule has 0 aromatic heterocycles. The molecular weight excluding hydrogens is 363 g/mol. The third-order valence-corrected chi connectivity index (χ3v) is 23.5. The van der Waals surface area contributed by atoms with E-state index < -0.39 is 18.4 Å². The van der Waals surface area contributed by atoms with E-state index in [0.29, 0.717) is 5.92 Å². The van der Waals surface area contributed by atoms with Crippen molar-refractivity contribution in [3.05, 3.63) is 0 Å². The fourth-order valence-electron chi connectivity index (χ4n) is 4.50. The van der Waals surface area contributed by atoms with Crippen LogP contribution in [0.3, 0.4) is 0 Å². The third-order valence-electron chi connectivity index (χ3n) is 5.63. The van der Waals surface area contributed by atoms with Crippen molar-refractivity contribution in [2.75, 3.05) is 0 Å². The molecule has 0 unspecified atom stereocenters. The van der Waals surface area contributed by atoms with Crippen LogP contribution in [0.25, 0.3) is 0 Å². The van der Waals surface area contributed by atoms with Crippen molar-refractivity contribution in [1.82, 2.24) is 0 Å². The van der Waals surface area contributed by atoms with E-state index in [1.165, 1.54) is 44.9 Å². The Labute approximate surface area is 138 Å². The number of hydrogen-bond donors (Lipinski definition) is 1. The molecule has 126 valence electrons. The molecule has 0 saturated heterocycles. The quantitative estimate of drug-likeness (QED) is 0.375. The zero-order valence-electron chi connectivity index (χ0n) is 15.4. The average molecular weight is 403 g/mol. The van der Waals surface area contributed by atoms with Gasteiger partial charge >= 0.3 is 138 Å². The molecule has 0 aliphatic heterocycles. The van der Waals surface area contributed by atoms with Crippen LogP contribution in [-0.2, 0) is 0 Å². The van der Waals surface area contributed by atoms with Crippen molar-refractivity contribution in [3.63, 3.8) is 0 Å². The molecule has 0 spiro atoms. The number of unbranched alkanes of at least 4 members (excludes halogenated alkanes) is 3. The van der Waals surface area contributed by atoms with Crippen LogP contribution in [0.15, 0.2) is 0 Å². The van der Waals surface area contributed by atoms with Gasteiger partial charge in [-0.2, -0.15) is 0 Å². The molecule has 1 nitrogen and oxygen atoms in total. The molecule has 21 heavy (non-hydrogen) atoms. The zero-order chi connectivity index (χ0) is 15.9. The molecule has 2 heteroatoms. The second kappa shape index (κ2) is 9.15. The summed E-state index contributed by atoms with van der Waals surface area (Å²) < 4.78 is 5.45. The normalized spacial score (nSPS) is 25.6. The molecule has 0 aromatic carbocycles. The van der Waals surface area contributed by atoms with E-state index in [2.05, 4.69) is 34.6 Å². The van der Waals surface area contributed by atoms with Crippen molar-refractivity contribution in [3.8, 4) is 0 Å². The Morgan fingerprint density at radius 3 is 1.71 bits per heavy atom. The van der Waals surface area contributed by atoms with Gasteiger partial charge < -0.3 is 0 Å². The molecule has 0 bridgehead atoms. The Hall–Kier alpha value is 0.759. The van der Waals surface area contributed by atoms with Crippen LogP contribution in [0.1, 0.15) is 86.0 Å². The zero-order valence-corrected chi connectivity index (χ0v) is 18.2. The van der Waals surface area contributed by atoms with E-state index in [9.17, 15) is 5.11 Å². The molecule has 1 saturated carbocycles. The Morgan fingerprint density at radius 1 is 0.952 bits per heavy atom. The van der Waals surface area contributed by atoms with Crippen LogP contribution in [0.4, 0.5) is 0 Å². The molecule has 0 amide bonds. The minimum absolute atomic E-state index is 0.237. The fourth-order valence-corrected chi connectivity index (χ4v) is 24.5. The van der Waals surface area contributed by atoms with Crippen LogP contribution in [-0.4, -0.2) is 29.1 Å². The summed E-state index contributed by atoms with van der Waals surface area (Å²) in [6.45, 7) is 11.6. The van der Waals surface area contributed by atoms with E-state index in [4.69, 9.17) is 0 Å². The summed E-state index contributed by atoms with van der Waals surface area (Å²) in [4.78, 5) is 0. The number of aliphatic hydroxyl groups is 1. The monoisotopic (exact) mass is 404 g/mol. The first-order chi connectivity index (χ1) is 9.94. The van der Waals surface area contributed by atoms with Gasteiger partial charge in [0.2, 0.25) is 0 Å². The van der Waals surface area contributed by atoms with E-state index in [1.807, 2.05) is 0 Å². The van der Waals surface area contributed by atoms with Crippen LogP contribution < -0.4 is 0 Å². The molecule has 1 aliphatic rings. The van der Waals surface area contributed by atoms with Crippen molar-refractivity contribution in [2.24, 2.45) is 5.92 Å². The molecule has 0 heterocycles. The molecule has 1 rings (SSSR count). The summed E-state index contributed by atoms with van der Waals surface area (Å²) >= 11 is -2.15. The first-order valence-corrected chi connectivity index (χ1v) is 17.4. The summed E-state index contributed by atoms with van der Waals surface area (Å²) in [7, 11) is 0. The first kappa shape index (κ1) is 19.8. The number of hydrogen-bond acceptors (Lipinski definition) is 1. The van der Waals surface area contributed by atoms with Gasteiger partial charge in [-0.3, -0.25) is 0 Å². The van der Waals surface area contributed by atoms with Gasteiger partial charge in [0.25, 0.3) is 0 Å². The van der Waals surface area contributed by atoms with Crippen molar-refractivity contribution in [1.29, 1.82) is 0 Å². The molecule has 2 atom stereocenters. The van der Waals surface area contributed by atoms with Gasteiger partial charge in [0.15, 0.2) is 0 Å². The Bertz CT molecular complexity index is 268. The van der Waals surface area contributed by atoms with E-state index in [-0.39, 0.29) is 5.60 Å². The molecule has 0 radical (unpaired) electrons. The number of rotatable bonds is 12. The topological polar surface area (TPSA) is 20.2 Å². The minimum atomic E-state index is -2.15. The van der Waals surface area contributed by atoms with Crippen LogP contribution in [0.5, 0.6) is 0 Å². The Balaban J connectivity index is 2.82. The average Bonchev–Trinajstić information content (AvgIpc) is 3.09. The van der Waals surface area contributed by atoms with Gasteiger partial charge in [0.05, 0.1) is 0 Å². The van der Waals surface area contributed by atoms with Crippen molar-refractivity contribution < 1.29 is 5.11 Å². The van der Waals surface area contributed by atoms with Crippen LogP contribution >= 0.6 is 0 Å². The van der Waals surface area contributed by atoms with Gasteiger partial charge in [-0.05, 0) is 0 Å². The molecule has 1 N–H and O–H groups in total. The Kier molecular flexibility index (Phi) is 8.63. The standard InChI is InChI=1S/C7H13O.3C4H9.Sn/c1-6(2)5-7(8)3-4-7;3*1-3-4-2;/h3,6,8H,4-5H2,1-2H3;3*1,3-4H2,2H3;/t7-;;;;/m0..../s1. The van der Waals surface area contributed by atoms with Crippen LogP contribution in [0.2, 0.25) is 17.2 Å². The molecule has 1 fully saturated rings. The molecule has 0 aromatic rings. The Morgan fingerprint density at radius 2 is 1.38 bits per heavy atom. The SMILES string of the molecule is CCC[CH2][Sn]([CH2]CCC)([CH2]CCC)[C@H]1C[C@]1(O)CC(C)C. The molecule has 1 aliphatic carbocycles. The van der Waals surface area contributed by atoms with E-state index >= 15 is 0 Å². The van der Waals surface area contributed by atoms with Crippen LogP contribution in [0, 0.1) is 5.92 Å². The van der Waals surface area contributed by atoms with Gasteiger partial charge in [0.1, 0.15) is 0 Å². The van der Waals surface area contributed by atoms with E-state index in [1.54, 1.807) is 13.3 Å². The van der Waals surface area contributed by atoms with Crippen molar-refractivity contribution in [2.45, 2.75) is 109 Å². The fraction of sp³-hybridized carbons (Fsp3) is 1.00. The second-order valence-corrected chi connectivity index (χ2v) is 22.2. The summed E-state index contributed by atoms with van der Waals surface area (Å²) in [6, 6.07) is 0. The van der Waals surface area contributed by atoms with Crippen molar-refractivity contribution >= 4 is 18.4 Å². The molecular formula is C19H40OSn. The van der Waals surface area contributed by atoms with Gasteiger partial charge in [-0.15, -0.1) is 0 Å². The summed E-state index contributed by atoms with van der Waals surface area (Å²) in [5, 5.41) is 11.0. The van der Waals surface area contributed by atoms with Gasteiger partial charge in [0, 0.05) is 0 Å². The van der Waals surface area contributed by atoms with Gasteiger partial charge in [-0.25, -0.2) is 0 Å².